The van der Waals surface area contributed by atoms with Gasteiger partial charge in [0.25, 0.3) is 5.91 Å². The molecule has 24 heavy (non-hydrogen) atoms. The third kappa shape index (κ3) is 2.96. The van der Waals surface area contributed by atoms with Crippen LogP contribution in [0.4, 0.5) is 10.1 Å². The number of carbonyl (C=O) groups excluding carboxylic acids is 1. The Hall–Kier alpha value is -2.86. The van der Waals surface area contributed by atoms with E-state index in [9.17, 15) is 9.18 Å². The Morgan fingerprint density at radius 1 is 1.29 bits per heavy atom. The molecule has 0 aliphatic carbocycles. The van der Waals surface area contributed by atoms with Crippen LogP contribution in [0.2, 0.25) is 5.02 Å². The molecule has 0 aliphatic heterocycles. The van der Waals surface area contributed by atoms with Gasteiger partial charge in [-0.2, -0.15) is 0 Å². The molecule has 122 valence electrons. The van der Waals surface area contributed by atoms with Gasteiger partial charge in [-0.3, -0.25) is 4.79 Å². The van der Waals surface area contributed by atoms with E-state index >= 15 is 0 Å². The minimum Gasteiger partial charge on any atom is -0.493 e. The number of hydrogen-bond acceptors (Lipinski definition) is 4. The van der Waals surface area contributed by atoms with Crippen LogP contribution in [0.5, 0.6) is 5.75 Å². The van der Waals surface area contributed by atoms with Gasteiger partial charge in [0, 0.05) is 10.4 Å². The number of benzene rings is 2. The molecule has 3 rings (SSSR count). The van der Waals surface area contributed by atoms with E-state index in [1.165, 1.54) is 31.4 Å². The summed E-state index contributed by atoms with van der Waals surface area (Å²) < 4.78 is 24.8. The predicted octanol–water partition coefficient (Wildman–Crippen LogP) is 3.57. The van der Waals surface area contributed by atoms with Gasteiger partial charge in [-0.25, -0.2) is 9.38 Å². The van der Waals surface area contributed by atoms with Crippen molar-refractivity contribution < 1.29 is 18.3 Å². The Kier molecular flexibility index (Phi) is 4.22. The maximum Gasteiger partial charge on any atom is 0.254 e. The first-order valence-corrected chi connectivity index (χ1v) is 7.28. The van der Waals surface area contributed by atoms with E-state index in [2.05, 4.69) is 4.99 Å². The molecule has 0 unspecified atom stereocenters. The van der Waals surface area contributed by atoms with Crippen molar-refractivity contribution in [3.63, 3.8) is 0 Å². The van der Waals surface area contributed by atoms with E-state index in [4.69, 9.17) is 26.5 Å². The highest BCUT2D eigenvalue weighted by atomic mass is 35.5. The first-order valence-electron chi connectivity index (χ1n) is 6.90. The second-order valence-corrected chi connectivity index (χ2v) is 5.35. The summed E-state index contributed by atoms with van der Waals surface area (Å²) in [6.45, 7) is 0. The number of nitrogens with two attached hydrogens (primary N) is 1. The zero-order valence-electron chi connectivity index (χ0n) is 12.5. The van der Waals surface area contributed by atoms with E-state index in [-0.39, 0.29) is 16.8 Å². The molecular weight excluding hydrogens is 335 g/mol. The minimum absolute atomic E-state index is 0.0233. The smallest absolute Gasteiger partial charge is 0.254 e. The number of rotatable bonds is 3. The fourth-order valence-electron chi connectivity index (χ4n) is 2.23. The second-order valence-electron chi connectivity index (χ2n) is 4.92. The quantitative estimate of drug-likeness (QED) is 0.787. The third-order valence-electron chi connectivity index (χ3n) is 3.35. The van der Waals surface area contributed by atoms with Crippen LogP contribution in [0.1, 0.15) is 10.4 Å². The summed E-state index contributed by atoms with van der Waals surface area (Å²) in [5, 5.41) is 0.905. The summed E-state index contributed by atoms with van der Waals surface area (Å²) in [6.07, 6.45) is 0. The number of ether oxygens (including phenoxy) is 1. The van der Waals surface area contributed by atoms with Crippen molar-refractivity contribution in [3.8, 4) is 5.75 Å². The lowest BCUT2D eigenvalue weighted by atomic mass is 10.1. The van der Waals surface area contributed by atoms with Crippen molar-refractivity contribution in [2.24, 2.45) is 10.7 Å². The summed E-state index contributed by atoms with van der Waals surface area (Å²) in [5.41, 5.74) is 5.59. The van der Waals surface area contributed by atoms with Crippen molar-refractivity contribution in [2.45, 2.75) is 0 Å². The number of hydrogen-bond donors (Lipinski definition) is 1. The van der Waals surface area contributed by atoms with Crippen molar-refractivity contribution >= 4 is 34.2 Å². The molecule has 2 N–H and O–H groups in total. The molecule has 0 bridgehead atoms. The van der Waals surface area contributed by atoms with Crippen molar-refractivity contribution in [1.82, 2.24) is 0 Å². The van der Waals surface area contributed by atoms with Gasteiger partial charge in [-0.1, -0.05) is 23.7 Å². The summed E-state index contributed by atoms with van der Waals surface area (Å²) in [6, 6.07) is 10.6. The number of amides is 1. The van der Waals surface area contributed by atoms with Gasteiger partial charge in [-0.05, 0) is 30.3 Å². The van der Waals surface area contributed by atoms with Crippen LogP contribution in [-0.4, -0.2) is 13.0 Å². The predicted molar refractivity (Wildman–Crippen MR) is 87.9 cm³/mol. The maximum absolute atomic E-state index is 13.9. The average Bonchev–Trinajstić information content (AvgIpc) is 2.56. The molecule has 0 aliphatic rings. The standard InChI is InChI=1S/C17H12ClFN2O3/c1-23-14-4-2-3-9-7-11(16(20)22)17(24-15(9)14)21-13-8-10(18)5-6-12(13)19/h2-8H,1H3,(H2,20,22). The Morgan fingerprint density at radius 3 is 2.79 bits per heavy atom. The van der Waals surface area contributed by atoms with E-state index in [1.54, 1.807) is 18.2 Å². The molecule has 1 aromatic heterocycles. The topological polar surface area (TPSA) is 77.8 Å². The maximum atomic E-state index is 13.9. The first kappa shape index (κ1) is 16.0. The Morgan fingerprint density at radius 2 is 2.08 bits per heavy atom. The molecule has 1 heterocycles. The SMILES string of the molecule is COc1cccc2cc(C(N)=O)c(=Nc3cc(Cl)ccc3F)oc12. The fraction of sp³-hybridized carbons (Fsp3) is 0.0588. The number of nitrogens with zero attached hydrogens (tertiary/aromatic N) is 1. The number of carbonyl (C=O) groups is 1. The highest BCUT2D eigenvalue weighted by Crippen LogP contribution is 2.26. The average molecular weight is 347 g/mol. The summed E-state index contributed by atoms with van der Waals surface area (Å²) >= 11 is 5.86. The number of para-hydroxylation sites is 1. The van der Waals surface area contributed by atoms with Gasteiger partial charge in [0.05, 0.1) is 7.11 Å². The molecule has 0 saturated heterocycles. The lowest BCUT2D eigenvalue weighted by Crippen LogP contribution is -2.21. The Balaban J connectivity index is 2.36. The van der Waals surface area contributed by atoms with Gasteiger partial charge >= 0.3 is 0 Å². The molecule has 0 spiro atoms. The highest BCUT2D eigenvalue weighted by Gasteiger charge is 2.13. The Labute approximate surface area is 141 Å². The molecule has 0 radical (unpaired) electrons. The fourth-order valence-corrected chi connectivity index (χ4v) is 2.39. The normalized spacial score (nSPS) is 11.7. The van der Waals surface area contributed by atoms with Crippen LogP contribution in [0.15, 0.2) is 51.9 Å². The molecule has 7 heteroatoms. The Bertz CT molecular complexity index is 1010. The molecule has 2 aromatic carbocycles. The van der Waals surface area contributed by atoms with Gasteiger partial charge in [-0.15, -0.1) is 0 Å². The number of methoxy groups -OCH3 is 1. The third-order valence-corrected chi connectivity index (χ3v) is 3.59. The van der Waals surface area contributed by atoms with Gasteiger partial charge in [0.2, 0.25) is 5.55 Å². The summed E-state index contributed by atoms with van der Waals surface area (Å²) in [4.78, 5) is 15.8. The molecule has 0 atom stereocenters. The number of fused-ring (bicyclic) bond motifs is 1. The zero-order chi connectivity index (χ0) is 17.3. The molecule has 0 fully saturated rings. The van der Waals surface area contributed by atoms with Crippen LogP contribution in [0.25, 0.3) is 11.0 Å². The largest absolute Gasteiger partial charge is 0.493 e. The van der Waals surface area contributed by atoms with Crippen molar-refractivity contribution in [1.29, 1.82) is 0 Å². The molecule has 5 nitrogen and oxygen atoms in total. The van der Waals surface area contributed by atoms with Gasteiger partial charge < -0.3 is 14.9 Å². The highest BCUT2D eigenvalue weighted by molar-refractivity contribution is 6.30. The molecular formula is C17H12ClFN2O3. The van der Waals surface area contributed by atoms with Gasteiger partial charge in [0.1, 0.15) is 17.1 Å². The van der Waals surface area contributed by atoms with Crippen LogP contribution in [-0.2, 0) is 0 Å². The summed E-state index contributed by atoms with van der Waals surface area (Å²) in [5.74, 6) is -0.902. The van der Waals surface area contributed by atoms with Crippen LogP contribution in [0.3, 0.4) is 0 Å². The number of halogens is 2. The lowest BCUT2D eigenvalue weighted by molar-refractivity contribution is 0.0996. The van der Waals surface area contributed by atoms with Crippen molar-refractivity contribution in [3.05, 3.63) is 64.4 Å². The van der Waals surface area contributed by atoms with Crippen LogP contribution >= 0.6 is 11.6 Å². The molecule has 0 saturated carbocycles. The van der Waals surface area contributed by atoms with E-state index < -0.39 is 11.7 Å². The molecule has 1 amide bonds. The van der Waals surface area contributed by atoms with Crippen LogP contribution in [0, 0.1) is 5.82 Å². The second kappa shape index (κ2) is 6.33. The minimum atomic E-state index is -0.746. The summed E-state index contributed by atoms with van der Waals surface area (Å²) in [7, 11) is 1.49. The van der Waals surface area contributed by atoms with E-state index in [0.717, 1.165) is 0 Å². The first-order chi connectivity index (χ1) is 11.5. The number of primary amides is 1. The van der Waals surface area contributed by atoms with Crippen molar-refractivity contribution in [2.75, 3.05) is 7.11 Å². The van der Waals surface area contributed by atoms with Gasteiger partial charge in [0.15, 0.2) is 11.3 Å². The van der Waals surface area contributed by atoms with E-state index in [1.807, 2.05) is 0 Å². The lowest BCUT2D eigenvalue weighted by Gasteiger charge is -2.06. The van der Waals surface area contributed by atoms with Crippen LogP contribution < -0.4 is 16.0 Å². The molecule has 3 aromatic rings. The monoisotopic (exact) mass is 346 g/mol. The zero-order valence-corrected chi connectivity index (χ0v) is 13.3. The van der Waals surface area contributed by atoms with E-state index in [0.29, 0.717) is 21.7 Å².